The van der Waals surface area contributed by atoms with Gasteiger partial charge >= 0.3 is 0 Å². The Hall–Kier alpha value is -4.22. The molecule has 6 rings (SSSR count). The second kappa shape index (κ2) is 12.3. The highest BCUT2D eigenvalue weighted by atomic mass is 35.5. The average Bonchev–Trinajstić information content (AvgIpc) is 3.68. The molecule has 42 heavy (non-hydrogen) atoms. The SMILES string of the molecule is COc1ccc(-c2cnc3c(Nc4ccc(C(=O)N5CCN(C(=O)[C@@H]6CCCN6)CC5)c(C)c4)nccn23)cc1F.Cl. The second-order valence-electron chi connectivity index (χ2n) is 10.4. The van der Waals surface area contributed by atoms with Crippen molar-refractivity contribution in [3.8, 4) is 17.0 Å². The summed E-state index contributed by atoms with van der Waals surface area (Å²) >= 11 is 0. The molecule has 4 heterocycles. The third kappa shape index (κ3) is 5.62. The van der Waals surface area contributed by atoms with Crippen LogP contribution in [0.5, 0.6) is 5.75 Å². The van der Waals surface area contributed by atoms with Gasteiger partial charge in [-0.2, -0.15) is 0 Å². The number of hydrogen-bond acceptors (Lipinski definition) is 7. The highest BCUT2D eigenvalue weighted by molar-refractivity contribution is 5.96. The van der Waals surface area contributed by atoms with E-state index < -0.39 is 5.82 Å². The van der Waals surface area contributed by atoms with Crippen LogP contribution in [0.3, 0.4) is 0 Å². The number of nitrogens with one attached hydrogen (secondary N) is 2. The molecule has 0 aliphatic carbocycles. The zero-order valence-corrected chi connectivity index (χ0v) is 24.3. The summed E-state index contributed by atoms with van der Waals surface area (Å²) in [5.41, 5.74) is 4.18. The molecule has 12 heteroatoms. The standard InChI is InChI=1S/C30H32FN7O3.ClH/c1-19-16-21(6-7-22(19)29(39)36-12-14-37(15-13-36)30(40)24-4-3-9-32-24)35-27-28-34-18-25(38(28)11-10-33-27)20-5-8-26(41-2)23(31)17-20;/h5-8,10-11,16-18,24,32H,3-4,9,12-15H2,1-2H3,(H,33,35);1H/t24-;/m0./s1. The van der Waals surface area contributed by atoms with E-state index in [1.54, 1.807) is 30.7 Å². The van der Waals surface area contributed by atoms with Crippen LogP contribution in [0.4, 0.5) is 15.9 Å². The van der Waals surface area contributed by atoms with Gasteiger partial charge < -0.3 is 25.2 Å². The van der Waals surface area contributed by atoms with Gasteiger partial charge in [0, 0.05) is 55.4 Å². The summed E-state index contributed by atoms with van der Waals surface area (Å²) in [6.07, 6.45) is 7.01. The Balaban J connectivity index is 0.00000353. The lowest BCUT2D eigenvalue weighted by atomic mass is 10.1. The monoisotopic (exact) mass is 593 g/mol. The Morgan fingerprint density at radius 3 is 2.55 bits per heavy atom. The molecule has 2 fully saturated rings. The van der Waals surface area contributed by atoms with Crippen LogP contribution in [0.15, 0.2) is 55.0 Å². The molecule has 2 aliphatic heterocycles. The Kier molecular flexibility index (Phi) is 8.60. The molecule has 2 aromatic carbocycles. The summed E-state index contributed by atoms with van der Waals surface area (Å²) in [6, 6.07) is 10.3. The molecule has 0 unspecified atom stereocenters. The average molecular weight is 594 g/mol. The van der Waals surface area contributed by atoms with Crippen LogP contribution in [0, 0.1) is 12.7 Å². The highest BCUT2D eigenvalue weighted by Crippen LogP contribution is 2.29. The maximum Gasteiger partial charge on any atom is 0.254 e. The first-order valence-corrected chi connectivity index (χ1v) is 13.8. The molecule has 2 aromatic heterocycles. The summed E-state index contributed by atoms with van der Waals surface area (Å²) in [5, 5.41) is 6.57. The first-order chi connectivity index (χ1) is 19.9. The van der Waals surface area contributed by atoms with Crippen LogP contribution >= 0.6 is 12.4 Å². The smallest absolute Gasteiger partial charge is 0.254 e. The van der Waals surface area contributed by atoms with Gasteiger partial charge in [0.1, 0.15) is 0 Å². The van der Waals surface area contributed by atoms with Crippen molar-refractivity contribution in [1.82, 2.24) is 29.5 Å². The number of amides is 2. The lowest BCUT2D eigenvalue weighted by Crippen LogP contribution is -2.54. The van der Waals surface area contributed by atoms with Crippen LogP contribution in [-0.4, -0.2) is 81.9 Å². The Labute approximate surface area is 249 Å². The van der Waals surface area contributed by atoms with Crippen LogP contribution in [0.25, 0.3) is 16.9 Å². The number of rotatable bonds is 6. The number of nitrogens with zero attached hydrogens (tertiary/aromatic N) is 5. The van der Waals surface area contributed by atoms with E-state index in [9.17, 15) is 14.0 Å². The maximum atomic E-state index is 14.3. The van der Waals surface area contributed by atoms with Crippen molar-refractivity contribution >= 4 is 41.4 Å². The molecular weight excluding hydrogens is 561 g/mol. The fourth-order valence-corrected chi connectivity index (χ4v) is 5.58. The summed E-state index contributed by atoms with van der Waals surface area (Å²) in [4.78, 5) is 38.7. The quantitative estimate of drug-likeness (QED) is 0.348. The van der Waals surface area contributed by atoms with Crippen molar-refractivity contribution in [1.29, 1.82) is 0 Å². The van der Waals surface area contributed by atoms with Crippen molar-refractivity contribution in [3.05, 3.63) is 71.9 Å². The number of ether oxygens (including phenoxy) is 1. The molecule has 4 aromatic rings. The summed E-state index contributed by atoms with van der Waals surface area (Å²) in [5.74, 6) is 0.367. The van der Waals surface area contributed by atoms with E-state index >= 15 is 0 Å². The fourth-order valence-electron chi connectivity index (χ4n) is 5.58. The van der Waals surface area contributed by atoms with E-state index in [-0.39, 0.29) is 36.0 Å². The van der Waals surface area contributed by atoms with Crippen molar-refractivity contribution in [3.63, 3.8) is 0 Å². The first kappa shape index (κ1) is 29.3. The molecule has 0 saturated carbocycles. The van der Waals surface area contributed by atoms with Gasteiger partial charge in [-0.05, 0) is 68.3 Å². The number of methoxy groups -OCH3 is 1. The Morgan fingerprint density at radius 1 is 1.07 bits per heavy atom. The van der Waals surface area contributed by atoms with E-state index in [0.29, 0.717) is 54.5 Å². The van der Waals surface area contributed by atoms with Crippen molar-refractivity contribution in [2.75, 3.05) is 45.2 Å². The van der Waals surface area contributed by atoms with E-state index in [1.807, 2.05) is 39.3 Å². The lowest BCUT2D eigenvalue weighted by molar-refractivity contribution is -0.134. The maximum absolute atomic E-state index is 14.3. The predicted octanol–water partition coefficient (Wildman–Crippen LogP) is 4.05. The molecule has 0 radical (unpaired) electrons. The Morgan fingerprint density at radius 2 is 1.86 bits per heavy atom. The topological polar surface area (TPSA) is 104 Å². The number of aryl methyl sites for hydroxylation is 1. The number of imidazole rings is 1. The fraction of sp³-hybridized carbons (Fsp3) is 0.333. The number of benzene rings is 2. The van der Waals surface area contributed by atoms with Gasteiger partial charge in [0.25, 0.3) is 5.91 Å². The number of carbonyl (C=O) groups excluding carboxylic acids is 2. The molecule has 2 saturated heterocycles. The molecule has 0 bridgehead atoms. The number of aromatic nitrogens is 3. The molecule has 2 aliphatic rings. The minimum atomic E-state index is -0.450. The molecule has 2 amide bonds. The number of hydrogen-bond donors (Lipinski definition) is 2. The summed E-state index contributed by atoms with van der Waals surface area (Å²) in [6.45, 7) is 4.92. The van der Waals surface area contributed by atoms with Crippen LogP contribution in [0.1, 0.15) is 28.8 Å². The molecule has 10 nitrogen and oxygen atoms in total. The summed E-state index contributed by atoms with van der Waals surface area (Å²) in [7, 11) is 1.43. The number of fused-ring (bicyclic) bond motifs is 1. The van der Waals surface area contributed by atoms with Gasteiger partial charge in [-0.25, -0.2) is 14.4 Å². The van der Waals surface area contributed by atoms with Gasteiger partial charge in [0.2, 0.25) is 5.91 Å². The minimum Gasteiger partial charge on any atom is -0.494 e. The zero-order chi connectivity index (χ0) is 28.5. The largest absolute Gasteiger partial charge is 0.494 e. The third-order valence-corrected chi connectivity index (χ3v) is 7.83. The molecule has 220 valence electrons. The van der Waals surface area contributed by atoms with Crippen molar-refractivity contribution in [2.45, 2.75) is 25.8 Å². The first-order valence-electron chi connectivity index (χ1n) is 13.8. The van der Waals surface area contributed by atoms with E-state index in [2.05, 4.69) is 20.6 Å². The van der Waals surface area contributed by atoms with E-state index in [0.717, 1.165) is 30.6 Å². The number of piperazine rings is 1. The van der Waals surface area contributed by atoms with E-state index in [4.69, 9.17) is 4.74 Å². The Bertz CT molecular complexity index is 1610. The normalized spacial score (nSPS) is 16.8. The van der Waals surface area contributed by atoms with Crippen LogP contribution in [-0.2, 0) is 4.79 Å². The van der Waals surface area contributed by atoms with E-state index in [1.165, 1.54) is 13.2 Å². The van der Waals surface area contributed by atoms with Crippen molar-refractivity contribution in [2.24, 2.45) is 0 Å². The van der Waals surface area contributed by atoms with Crippen molar-refractivity contribution < 1.29 is 18.7 Å². The number of anilines is 2. The van der Waals surface area contributed by atoms with Gasteiger partial charge in [-0.15, -0.1) is 12.4 Å². The van der Waals surface area contributed by atoms with Crippen LogP contribution in [0.2, 0.25) is 0 Å². The van der Waals surface area contributed by atoms with Crippen LogP contribution < -0.4 is 15.4 Å². The molecule has 1 atom stereocenters. The predicted molar refractivity (Wildman–Crippen MR) is 160 cm³/mol. The molecular formula is C30H33ClFN7O3. The van der Waals surface area contributed by atoms with Gasteiger partial charge in [0.05, 0.1) is 25.0 Å². The summed E-state index contributed by atoms with van der Waals surface area (Å²) < 4.78 is 21.2. The number of halogens is 2. The lowest BCUT2D eigenvalue weighted by Gasteiger charge is -2.36. The third-order valence-electron chi connectivity index (χ3n) is 7.83. The van der Waals surface area contributed by atoms with Gasteiger partial charge in [0.15, 0.2) is 23.0 Å². The minimum absolute atomic E-state index is 0. The molecule has 2 N–H and O–H groups in total. The molecule has 0 spiro atoms. The zero-order valence-electron chi connectivity index (χ0n) is 23.5. The van der Waals surface area contributed by atoms with Gasteiger partial charge in [-0.1, -0.05) is 0 Å². The number of carbonyl (C=O) groups is 2. The second-order valence-corrected chi connectivity index (χ2v) is 10.4. The highest BCUT2D eigenvalue weighted by Gasteiger charge is 2.31. The van der Waals surface area contributed by atoms with Gasteiger partial charge in [-0.3, -0.25) is 14.0 Å².